The largest absolute Gasteiger partial charge is 0.493 e. The van der Waals surface area contributed by atoms with Crippen LogP contribution < -0.4 is 9.47 Å². The van der Waals surface area contributed by atoms with E-state index in [2.05, 4.69) is 0 Å². The molecule has 0 bridgehead atoms. The molecule has 5 nitrogen and oxygen atoms in total. The van der Waals surface area contributed by atoms with E-state index in [1.165, 1.54) is 20.3 Å². The monoisotopic (exact) mass is 243 g/mol. The molecule has 0 saturated carbocycles. The molecule has 0 aliphatic carbocycles. The molecule has 0 aromatic heterocycles. The van der Waals surface area contributed by atoms with Crippen molar-refractivity contribution in [2.75, 3.05) is 14.2 Å². The number of nitrogens with zero attached hydrogens (tertiary/aromatic N) is 1. The zero-order chi connectivity index (χ0) is 12.1. The van der Waals surface area contributed by atoms with Crippen LogP contribution in [0.5, 0.6) is 11.5 Å². The zero-order valence-electron chi connectivity index (χ0n) is 8.77. The summed E-state index contributed by atoms with van der Waals surface area (Å²) in [6.45, 7) is 0. The SMILES string of the molecule is COc1cc(/C=C/[N+](=O)[O-])cc(Cl)c1OC. The molecular formula is C10H10ClNO4. The van der Waals surface area contributed by atoms with E-state index in [1.54, 1.807) is 12.1 Å². The molecular weight excluding hydrogens is 234 g/mol. The fourth-order valence-electron chi connectivity index (χ4n) is 1.18. The van der Waals surface area contributed by atoms with Crippen LogP contribution in [-0.2, 0) is 0 Å². The third-order valence-electron chi connectivity index (χ3n) is 1.84. The summed E-state index contributed by atoms with van der Waals surface area (Å²) >= 11 is 5.92. The summed E-state index contributed by atoms with van der Waals surface area (Å²) in [6.07, 6.45) is 2.16. The van der Waals surface area contributed by atoms with Crippen LogP contribution in [0.15, 0.2) is 18.3 Å². The van der Waals surface area contributed by atoms with Gasteiger partial charge in [0.2, 0.25) is 6.20 Å². The summed E-state index contributed by atoms with van der Waals surface area (Å²) in [7, 11) is 2.94. The van der Waals surface area contributed by atoms with Crippen molar-refractivity contribution in [2.45, 2.75) is 0 Å². The number of methoxy groups -OCH3 is 2. The normalized spacial score (nSPS) is 10.4. The van der Waals surface area contributed by atoms with Crippen molar-refractivity contribution in [2.24, 2.45) is 0 Å². The summed E-state index contributed by atoms with van der Waals surface area (Å²) in [6, 6.07) is 3.16. The molecule has 0 unspecified atom stereocenters. The highest BCUT2D eigenvalue weighted by Gasteiger charge is 2.09. The highest BCUT2D eigenvalue weighted by atomic mass is 35.5. The van der Waals surface area contributed by atoms with E-state index in [9.17, 15) is 10.1 Å². The van der Waals surface area contributed by atoms with Crippen LogP contribution in [0.3, 0.4) is 0 Å². The highest BCUT2D eigenvalue weighted by molar-refractivity contribution is 6.32. The highest BCUT2D eigenvalue weighted by Crippen LogP contribution is 2.36. The number of hydrogen-bond donors (Lipinski definition) is 0. The first kappa shape index (κ1) is 12.3. The van der Waals surface area contributed by atoms with E-state index in [0.29, 0.717) is 22.1 Å². The molecule has 6 heteroatoms. The van der Waals surface area contributed by atoms with Gasteiger partial charge in [0.05, 0.1) is 24.2 Å². The fraction of sp³-hybridized carbons (Fsp3) is 0.200. The third-order valence-corrected chi connectivity index (χ3v) is 2.13. The number of benzene rings is 1. The molecule has 0 atom stereocenters. The summed E-state index contributed by atoms with van der Waals surface area (Å²) < 4.78 is 10.1. The molecule has 1 aromatic carbocycles. The van der Waals surface area contributed by atoms with Crippen molar-refractivity contribution < 1.29 is 14.4 Å². The van der Waals surface area contributed by atoms with Gasteiger partial charge in [-0.25, -0.2) is 0 Å². The van der Waals surface area contributed by atoms with Crippen molar-refractivity contribution in [1.29, 1.82) is 0 Å². The molecule has 1 aromatic rings. The lowest BCUT2D eigenvalue weighted by atomic mass is 10.2. The van der Waals surface area contributed by atoms with Crippen molar-refractivity contribution in [3.8, 4) is 11.5 Å². The van der Waals surface area contributed by atoms with Crippen molar-refractivity contribution in [3.63, 3.8) is 0 Å². The standard InChI is InChI=1S/C10H10ClNO4/c1-15-9-6-7(3-4-12(13)14)5-8(11)10(9)16-2/h3-6H,1-2H3/b4-3+. The smallest absolute Gasteiger partial charge is 0.235 e. The minimum atomic E-state index is -0.551. The first-order chi connectivity index (χ1) is 7.58. The molecule has 0 saturated heterocycles. The first-order valence-electron chi connectivity index (χ1n) is 4.31. The molecule has 86 valence electrons. The molecule has 0 aliphatic rings. The number of ether oxygens (including phenoxy) is 2. The molecule has 1 rings (SSSR count). The first-order valence-corrected chi connectivity index (χ1v) is 4.69. The van der Waals surface area contributed by atoms with Gasteiger partial charge in [-0.3, -0.25) is 10.1 Å². The Labute approximate surface area is 97.4 Å². The third kappa shape index (κ3) is 2.87. The maximum Gasteiger partial charge on any atom is 0.235 e. The molecule has 0 heterocycles. The van der Waals surface area contributed by atoms with Crippen LogP contribution in [-0.4, -0.2) is 19.1 Å². The van der Waals surface area contributed by atoms with E-state index >= 15 is 0 Å². The van der Waals surface area contributed by atoms with Crippen LogP contribution in [0, 0.1) is 10.1 Å². The van der Waals surface area contributed by atoms with Crippen LogP contribution >= 0.6 is 11.6 Å². The van der Waals surface area contributed by atoms with Gasteiger partial charge in [0.25, 0.3) is 0 Å². The lowest BCUT2D eigenvalue weighted by Crippen LogP contribution is -1.92. The summed E-state index contributed by atoms with van der Waals surface area (Å²) in [5.74, 6) is 0.834. The number of hydrogen-bond acceptors (Lipinski definition) is 4. The van der Waals surface area contributed by atoms with Gasteiger partial charge in [-0.1, -0.05) is 11.6 Å². The van der Waals surface area contributed by atoms with Crippen molar-refractivity contribution >= 4 is 17.7 Å². The molecule has 0 radical (unpaired) electrons. The molecule has 16 heavy (non-hydrogen) atoms. The molecule has 0 amide bonds. The quantitative estimate of drug-likeness (QED) is 0.602. The van der Waals surface area contributed by atoms with E-state index in [-0.39, 0.29) is 0 Å². The van der Waals surface area contributed by atoms with Gasteiger partial charge in [0.1, 0.15) is 0 Å². The van der Waals surface area contributed by atoms with Crippen LogP contribution in [0.25, 0.3) is 6.08 Å². The second kappa shape index (κ2) is 5.37. The Balaban J connectivity index is 3.15. The van der Waals surface area contributed by atoms with Gasteiger partial charge in [0.15, 0.2) is 11.5 Å². The summed E-state index contributed by atoms with van der Waals surface area (Å²) in [5, 5.41) is 10.5. The zero-order valence-corrected chi connectivity index (χ0v) is 9.52. The molecule has 0 aliphatic heterocycles. The predicted molar refractivity (Wildman–Crippen MR) is 60.6 cm³/mol. The van der Waals surface area contributed by atoms with Crippen LogP contribution in [0.2, 0.25) is 5.02 Å². The van der Waals surface area contributed by atoms with E-state index in [1.807, 2.05) is 0 Å². The van der Waals surface area contributed by atoms with E-state index < -0.39 is 4.92 Å². The van der Waals surface area contributed by atoms with Crippen LogP contribution in [0.4, 0.5) is 0 Å². The van der Waals surface area contributed by atoms with Gasteiger partial charge in [-0.2, -0.15) is 0 Å². The molecule has 0 spiro atoms. The Hall–Kier alpha value is -1.75. The lowest BCUT2D eigenvalue weighted by Gasteiger charge is -2.09. The van der Waals surface area contributed by atoms with Crippen molar-refractivity contribution in [3.05, 3.63) is 39.0 Å². The second-order valence-electron chi connectivity index (χ2n) is 2.84. The molecule has 0 fully saturated rings. The van der Waals surface area contributed by atoms with E-state index in [4.69, 9.17) is 21.1 Å². The van der Waals surface area contributed by atoms with Crippen molar-refractivity contribution in [1.82, 2.24) is 0 Å². The Morgan fingerprint density at radius 2 is 2.06 bits per heavy atom. The predicted octanol–water partition coefficient (Wildman–Crippen LogP) is 2.60. The minimum absolute atomic E-state index is 0.338. The minimum Gasteiger partial charge on any atom is -0.493 e. The number of rotatable bonds is 4. The average Bonchev–Trinajstić information content (AvgIpc) is 2.25. The van der Waals surface area contributed by atoms with Crippen LogP contribution in [0.1, 0.15) is 5.56 Å². The summed E-state index contributed by atoms with van der Waals surface area (Å²) in [4.78, 5) is 9.61. The topological polar surface area (TPSA) is 61.6 Å². The van der Waals surface area contributed by atoms with Gasteiger partial charge >= 0.3 is 0 Å². The van der Waals surface area contributed by atoms with Gasteiger partial charge in [-0.05, 0) is 17.7 Å². The fourth-order valence-corrected chi connectivity index (χ4v) is 1.48. The van der Waals surface area contributed by atoms with Gasteiger partial charge in [-0.15, -0.1) is 0 Å². The maximum absolute atomic E-state index is 10.2. The Bertz CT molecular complexity index is 431. The second-order valence-corrected chi connectivity index (χ2v) is 3.25. The number of halogens is 1. The summed E-state index contributed by atoms with van der Waals surface area (Å²) in [5.41, 5.74) is 0.569. The van der Waals surface area contributed by atoms with Gasteiger partial charge < -0.3 is 9.47 Å². The van der Waals surface area contributed by atoms with Gasteiger partial charge in [0, 0.05) is 6.08 Å². The van der Waals surface area contributed by atoms with E-state index in [0.717, 1.165) is 6.20 Å². The maximum atomic E-state index is 10.2. The Morgan fingerprint density at radius 1 is 1.38 bits per heavy atom. The molecule has 0 N–H and O–H groups in total. The Morgan fingerprint density at radius 3 is 2.56 bits per heavy atom. The number of nitro groups is 1. The average molecular weight is 244 g/mol. The Kier molecular flexibility index (Phi) is 4.13. The lowest BCUT2D eigenvalue weighted by molar-refractivity contribution is -0.400.